The van der Waals surface area contributed by atoms with E-state index in [-0.39, 0.29) is 23.4 Å². The Kier molecular flexibility index (Phi) is 8.43. The molecule has 1 saturated heterocycles. The van der Waals surface area contributed by atoms with Gasteiger partial charge in [0, 0.05) is 17.7 Å². The molecule has 40 heavy (non-hydrogen) atoms. The average molecular weight is 614 g/mol. The number of nitro benzene ring substituents is 1. The quantitative estimate of drug-likeness (QED) is 0.147. The van der Waals surface area contributed by atoms with Crippen LogP contribution >= 0.6 is 11.8 Å². The van der Waals surface area contributed by atoms with E-state index in [1.807, 2.05) is 0 Å². The Bertz CT molecular complexity index is 1510. The minimum Gasteiger partial charge on any atom is -0.481 e. The summed E-state index contributed by atoms with van der Waals surface area (Å²) in [5, 5.41) is 28.0. The molecule has 0 saturated carbocycles. The van der Waals surface area contributed by atoms with E-state index in [0.29, 0.717) is 24.0 Å². The first kappa shape index (κ1) is 30.3. The maximum Gasteiger partial charge on any atom is 0.416 e. The molecule has 1 heterocycles. The summed E-state index contributed by atoms with van der Waals surface area (Å²) in [6.45, 7) is 0. The van der Waals surface area contributed by atoms with Crippen molar-refractivity contribution in [3.05, 3.63) is 63.2 Å². The fourth-order valence-corrected chi connectivity index (χ4v) is 4.89. The van der Waals surface area contributed by atoms with Crippen molar-refractivity contribution in [2.24, 2.45) is 10.2 Å². The predicted molar refractivity (Wildman–Crippen MR) is 124 cm³/mol. The number of carboxylic acids is 1. The normalized spacial score (nSPS) is 17.3. The Morgan fingerprint density at radius 2 is 1.73 bits per heavy atom. The number of nitro groups is 1. The van der Waals surface area contributed by atoms with E-state index in [4.69, 9.17) is 9.29 Å². The molecule has 1 aliphatic heterocycles. The molecule has 214 valence electrons. The lowest BCUT2D eigenvalue weighted by Gasteiger charge is -2.15. The molecule has 2 aromatic carbocycles. The van der Waals surface area contributed by atoms with E-state index < -0.39 is 84.0 Å². The summed E-state index contributed by atoms with van der Waals surface area (Å²) in [7, 11) is -5.39. The number of amides is 1. The first-order valence-electron chi connectivity index (χ1n) is 10.2. The molecule has 0 radical (unpaired) electrons. The van der Waals surface area contributed by atoms with E-state index >= 15 is 0 Å². The van der Waals surface area contributed by atoms with E-state index in [1.54, 1.807) is 0 Å². The van der Waals surface area contributed by atoms with Gasteiger partial charge in [0.25, 0.3) is 5.69 Å². The molecule has 2 N–H and O–H groups in total. The second-order valence-corrected chi connectivity index (χ2v) is 10.3. The average Bonchev–Trinajstić information content (AvgIpc) is 3.16. The van der Waals surface area contributed by atoms with Gasteiger partial charge in [-0.15, -0.1) is 5.10 Å². The summed E-state index contributed by atoms with van der Waals surface area (Å²) in [5.74, 6) is -2.77. The van der Waals surface area contributed by atoms with Crippen LogP contribution in [0.15, 0.2) is 51.5 Å². The highest BCUT2D eigenvalue weighted by Crippen LogP contribution is 2.38. The highest BCUT2D eigenvalue weighted by Gasteiger charge is 2.39. The van der Waals surface area contributed by atoms with Crippen LogP contribution in [0.1, 0.15) is 23.1 Å². The van der Waals surface area contributed by atoms with Crippen LogP contribution in [0, 0.1) is 10.1 Å². The van der Waals surface area contributed by atoms with Gasteiger partial charge in [-0.05, 0) is 24.3 Å². The summed E-state index contributed by atoms with van der Waals surface area (Å²) in [6.07, 6.45) is -10.6. The molecule has 0 bridgehead atoms. The smallest absolute Gasteiger partial charge is 0.416 e. The molecule has 3 rings (SSSR count). The number of nitrogens with zero attached hydrogens (tertiary/aromatic N) is 3. The highest BCUT2D eigenvalue weighted by atomic mass is 32.2. The van der Waals surface area contributed by atoms with Crippen LogP contribution < -0.4 is 9.50 Å². The van der Waals surface area contributed by atoms with Gasteiger partial charge in [-0.3, -0.25) is 19.7 Å². The molecule has 1 aliphatic rings. The summed E-state index contributed by atoms with van der Waals surface area (Å²) in [6, 6.07) is 1.72. The molecular weight excluding hydrogens is 602 g/mol. The van der Waals surface area contributed by atoms with E-state index in [2.05, 4.69) is 15.5 Å². The van der Waals surface area contributed by atoms with E-state index in [9.17, 15) is 54.5 Å². The number of nitrogens with one attached hydrogen (secondary N) is 1. The molecule has 0 aliphatic carbocycles. The van der Waals surface area contributed by atoms with E-state index in [0.717, 1.165) is 12.1 Å². The highest BCUT2D eigenvalue weighted by molar-refractivity contribution is 8.15. The number of carbonyl (C=O) groups is 2. The monoisotopic (exact) mass is 614 g/mol. The molecule has 1 unspecified atom stereocenters. The Hall–Kier alpha value is -4.20. The Morgan fingerprint density at radius 3 is 2.25 bits per heavy atom. The number of thioether (sulfide) groups is 1. The van der Waals surface area contributed by atoms with Crippen LogP contribution in [-0.4, -0.2) is 47.0 Å². The Balaban J connectivity index is 1.99. The number of halogens is 6. The van der Waals surface area contributed by atoms with Gasteiger partial charge in [-0.2, -0.15) is 39.9 Å². The number of carbonyl (C=O) groups excluding carboxylic acids is 1. The largest absolute Gasteiger partial charge is 0.481 e. The number of amidine groups is 1. The van der Waals surface area contributed by atoms with Crippen LogP contribution in [0.3, 0.4) is 0 Å². The first-order chi connectivity index (χ1) is 18.4. The zero-order chi connectivity index (χ0) is 30.0. The number of hydrogen-bond acceptors (Lipinski definition) is 10. The number of carboxylic acid groups (broad SMARTS) is 1. The van der Waals surface area contributed by atoms with Crippen molar-refractivity contribution < 1.29 is 58.6 Å². The lowest BCUT2D eigenvalue weighted by molar-refractivity contribution is -0.384. The number of non-ortho nitro benzene ring substituents is 1. The van der Waals surface area contributed by atoms with E-state index in [1.165, 1.54) is 0 Å². The molecule has 1 fully saturated rings. The molecule has 0 aromatic heterocycles. The number of benzene rings is 2. The molecule has 1 amide bonds. The van der Waals surface area contributed by atoms with Crippen LogP contribution in [0.2, 0.25) is 0 Å². The van der Waals surface area contributed by atoms with Crippen LogP contribution in [0.25, 0.3) is 0 Å². The second kappa shape index (κ2) is 11.1. The van der Waals surface area contributed by atoms with Crippen molar-refractivity contribution in [1.29, 1.82) is 0 Å². The standard InChI is InChI=1S/C20H12F6N4O8S2/c21-19(22,23)10-4-11(20(24,25)26)6-13(5-10)40(36,37)38-14-2-1-12(30(34)35)3-9(14)8-27-29-18-28-17(33)15(39-18)7-16(31)32/h1-6,8,15H,7H2,(H,31,32)(H,28,29,33). The van der Waals surface area contributed by atoms with Gasteiger partial charge in [0.2, 0.25) is 5.91 Å². The minimum absolute atomic E-state index is 0.0801. The third-order valence-electron chi connectivity index (χ3n) is 4.74. The van der Waals surface area contributed by atoms with Crippen LogP contribution in [0.4, 0.5) is 32.0 Å². The number of hydrogen-bond donors (Lipinski definition) is 2. The topological polar surface area (TPSA) is 178 Å². The van der Waals surface area contributed by atoms with Gasteiger partial charge in [-0.25, -0.2) is 0 Å². The van der Waals surface area contributed by atoms with Gasteiger partial charge in [-0.1, -0.05) is 11.8 Å². The summed E-state index contributed by atoms with van der Waals surface area (Å²) < 4.78 is 109. The maximum absolute atomic E-state index is 13.2. The van der Waals surface area contributed by atoms with Crippen molar-refractivity contribution >= 4 is 50.8 Å². The third kappa shape index (κ3) is 7.46. The zero-order valence-electron chi connectivity index (χ0n) is 19.1. The number of rotatable bonds is 8. The third-order valence-corrected chi connectivity index (χ3v) is 7.02. The summed E-state index contributed by atoms with van der Waals surface area (Å²) in [4.78, 5) is 31.3. The Labute approximate surface area is 223 Å². The van der Waals surface area contributed by atoms with Crippen molar-refractivity contribution in [3.63, 3.8) is 0 Å². The first-order valence-corrected chi connectivity index (χ1v) is 12.5. The van der Waals surface area contributed by atoms with Crippen LogP contribution in [-0.2, 0) is 32.1 Å². The number of alkyl halides is 6. The van der Waals surface area contributed by atoms with Gasteiger partial charge in [0.1, 0.15) is 10.1 Å². The Morgan fingerprint density at radius 1 is 1.12 bits per heavy atom. The molecule has 12 nitrogen and oxygen atoms in total. The molecule has 1 atom stereocenters. The molecular formula is C20H12F6N4O8S2. The van der Waals surface area contributed by atoms with Crippen molar-refractivity contribution in [1.82, 2.24) is 5.32 Å². The minimum atomic E-state index is -5.39. The predicted octanol–water partition coefficient (Wildman–Crippen LogP) is 3.80. The van der Waals surface area contributed by atoms with Crippen molar-refractivity contribution in [3.8, 4) is 5.75 Å². The fraction of sp³-hybridized carbons (Fsp3) is 0.200. The van der Waals surface area contributed by atoms with Crippen LogP contribution in [0.5, 0.6) is 5.75 Å². The summed E-state index contributed by atoms with van der Waals surface area (Å²) >= 11 is 0.684. The lowest BCUT2D eigenvalue weighted by atomic mass is 10.1. The van der Waals surface area contributed by atoms with Gasteiger partial charge < -0.3 is 14.6 Å². The van der Waals surface area contributed by atoms with Crippen molar-refractivity contribution in [2.75, 3.05) is 0 Å². The maximum atomic E-state index is 13.2. The van der Waals surface area contributed by atoms with Gasteiger partial charge in [0.15, 0.2) is 10.9 Å². The molecule has 20 heteroatoms. The zero-order valence-corrected chi connectivity index (χ0v) is 20.7. The van der Waals surface area contributed by atoms with Crippen molar-refractivity contribution in [2.45, 2.75) is 28.9 Å². The van der Waals surface area contributed by atoms with Gasteiger partial charge in [0.05, 0.1) is 28.7 Å². The molecule has 2 aromatic rings. The van der Waals surface area contributed by atoms with Gasteiger partial charge >= 0.3 is 28.4 Å². The summed E-state index contributed by atoms with van der Waals surface area (Å²) in [5.41, 5.74) is -4.99. The molecule has 0 spiro atoms. The lowest BCUT2D eigenvalue weighted by Crippen LogP contribution is -2.26. The SMILES string of the molecule is O=C(O)CC1SC(=NN=Cc2cc([N+](=O)[O-])ccc2OS(=O)(=O)c2cc(C(F)(F)F)cc(C(F)(F)F)c2)NC1=O. The second-order valence-electron chi connectivity index (χ2n) is 7.60. The number of aliphatic carboxylic acids is 1. The fourth-order valence-electron chi connectivity index (χ4n) is 2.95.